The molecule has 1 aromatic rings. The van der Waals surface area contributed by atoms with Gasteiger partial charge < -0.3 is 15.2 Å². The Bertz CT molecular complexity index is 388. The zero-order valence-electron chi connectivity index (χ0n) is 10.7. The van der Waals surface area contributed by atoms with Gasteiger partial charge in [-0.05, 0) is 24.5 Å². The molecule has 1 unspecified atom stereocenters. The largest absolute Gasteiger partial charge is 0.487 e. The van der Waals surface area contributed by atoms with Gasteiger partial charge in [-0.1, -0.05) is 31.0 Å². The van der Waals surface area contributed by atoms with Crippen LogP contribution < -0.4 is 10.5 Å². The first-order valence-electron chi connectivity index (χ1n) is 6.86. The highest BCUT2D eigenvalue weighted by molar-refractivity contribution is 5.37. The molecule has 1 heterocycles. The van der Waals surface area contributed by atoms with Crippen LogP contribution >= 0.6 is 0 Å². The monoisotopic (exact) mass is 247 g/mol. The number of para-hydroxylation sites is 1. The Hall–Kier alpha value is -1.06. The van der Waals surface area contributed by atoms with Gasteiger partial charge in [0.1, 0.15) is 11.9 Å². The highest BCUT2D eigenvalue weighted by Gasteiger charge is 2.30. The van der Waals surface area contributed by atoms with Crippen LogP contribution in [0.15, 0.2) is 24.3 Å². The van der Waals surface area contributed by atoms with Crippen molar-refractivity contribution in [2.24, 2.45) is 5.73 Å². The molecule has 0 bridgehead atoms. The number of hydrogen-bond acceptors (Lipinski definition) is 3. The van der Waals surface area contributed by atoms with Crippen molar-refractivity contribution in [2.75, 3.05) is 13.2 Å². The standard InChI is InChI=1S/C15H21NO2/c16-15(7-3-4-8-15)11-17-10-13-9-12-5-1-2-6-14(12)18-13/h1-2,5-6,13H,3-4,7-11,16H2. The van der Waals surface area contributed by atoms with Crippen molar-refractivity contribution in [1.82, 2.24) is 0 Å². The van der Waals surface area contributed by atoms with Crippen molar-refractivity contribution in [3.8, 4) is 5.75 Å². The third kappa shape index (κ3) is 2.52. The Morgan fingerprint density at radius 3 is 2.83 bits per heavy atom. The van der Waals surface area contributed by atoms with Crippen molar-refractivity contribution >= 4 is 0 Å². The molecule has 1 saturated carbocycles. The summed E-state index contributed by atoms with van der Waals surface area (Å²) in [4.78, 5) is 0. The summed E-state index contributed by atoms with van der Waals surface area (Å²) in [7, 11) is 0. The zero-order valence-corrected chi connectivity index (χ0v) is 10.7. The van der Waals surface area contributed by atoms with Crippen LogP contribution in [0.5, 0.6) is 5.75 Å². The first-order chi connectivity index (χ1) is 8.75. The maximum Gasteiger partial charge on any atom is 0.126 e. The van der Waals surface area contributed by atoms with Crippen LogP contribution in [-0.2, 0) is 11.2 Å². The second-order valence-corrected chi connectivity index (χ2v) is 5.64. The fraction of sp³-hybridized carbons (Fsp3) is 0.600. The minimum atomic E-state index is -0.0779. The Balaban J connectivity index is 1.46. The van der Waals surface area contributed by atoms with E-state index in [-0.39, 0.29) is 11.6 Å². The van der Waals surface area contributed by atoms with E-state index in [9.17, 15) is 0 Å². The molecule has 3 rings (SSSR count). The van der Waals surface area contributed by atoms with Crippen LogP contribution in [0.3, 0.4) is 0 Å². The molecule has 2 N–H and O–H groups in total. The SMILES string of the molecule is NC1(COCC2Cc3ccccc3O2)CCCC1. The third-order valence-corrected chi connectivity index (χ3v) is 4.01. The topological polar surface area (TPSA) is 44.5 Å². The van der Waals surface area contributed by atoms with Crippen molar-refractivity contribution in [3.63, 3.8) is 0 Å². The average Bonchev–Trinajstić information content (AvgIpc) is 2.95. The molecule has 0 aromatic heterocycles. The zero-order chi connectivity index (χ0) is 12.4. The summed E-state index contributed by atoms with van der Waals surface area (Å²) >= 11 is 0. The molecular formula is C15H21NO2. The van der Waals surface area contributed by atoms with Gasteiger partial charge >= 0.3 is 0 Å². The van der Waals surface area contributed by atoms with Gasteiger partial charge in [-0.15, -0.1) is 0 Å². The fourth-order valence-electron chi connectivity index (χ4n) is 2.96. The number of hydrogen-bond donors (Lipinski definition) is 1. The van der Waals surface area contributed by atoms with Crippen LogP contribution in [0.2, 0.25) is 0 Å². The minimum Gasteiger partial charge on any atom is -0.487 e. The van der Waals surface area contributed by atoms with Gasteiger partial charge in [0.25, 0.3) is 0 Å². The maximum absolute atomic E-state index is 6.26. The van der Waals surface area contributed by atoms with Gasteiger partial charge in [-0.3, -0.25) is 0 Å². The molecule has 0 amide bonds. The number of fused-ring (bicyclic) bond motifs is 1. The second-order valence-electron chi connectivity index (χ2n) is 5.64. The lowest BCUT2D eigenvalue weighted by Gasteiger charge is -2.24. The molecule has 98 valence electrons. The molecule has 2 aliphatic rings. The van der Waals surface area contributed by atoms with E-state index in [1.54, 1.807) is 0 Å². The average molecular weight is 247 g/mol. The number of rotatable bonds is 4. The molecule has 1 aliphatic carbocycles. The molecule has 1 fully saturated rings. The van der Waals surface area contributed by atoms with E-state index in [0.29, 0.717) is 13.2 Å². The third-order valence-electron chi connectivity index (χ3n) is 4.01. The van der Waals surface area contributed by atoms with Gasteiger partial charge in [0.05, 0.1) is 13.2 Å². The smallest absolute Gasteiger partial charge is 0.126 e. The van der Waals surface area contributed by atoms with Crippen molar-refractivity contribution < 1.29 is 9.47 Å². The van der Waals surface area contributed by atoms with Gasteiger partial charge in [0.15, 0.2) is 0 Å². The van der Waals surface area contributed by atoms with Crippen molar-refractivity contribution in [1.29, 1.82) is 0 Å². The molecular weight excluding hydrogens is 226 g/mol. The lowest BCUT2D eigenvalue weighted by molar-refractivity contribution is 0.0341. The predicted octanol–water partition coefficient (Wildman–Crippen LogP) is 2.28. The van der Waals surface area contributed by atoms with E-state index in [1.807, 2.05) is 12.1 Å². The maximum atomic E-state index is 6.26. The molecule has 1 aromatic carbocycles. The summed E-state index contributed by atoms with van der Waals surface area (Å²) in [5.74, 6) is 1.01. The number of ether oxygens (including phenoxy) is 2. The van der Waals surface area contributed by atoms with Gasteiger partial charge in [0.2, 0.25) is 0 Å². The van der Waals surface area contributed by atoms with E-state index < -0.39 is 0 Å². The molecule has 3 nitrogen and oxygen atoms in total. The van der Waals surface area contributed by atoms with E-state index >= 15 is 0 Å². The lowest BCUT2D eigenvalue weighted by atomic mass is 10.0. The Labute approximate surface area is 108 Å². The lowest BCUT2D eigenvalue weighted by Crippen LogP contribution is -2.42. The van der Waals surface area contributed by atoms with Gasteiger partial charge in [-0.25, -0.2) is 0 Å². The first-order valence-corrected chi connectivity index (χ1v) is 6.86. The predicted molar refractivity (Wildman–Crippen MR) is 70.8 cm³/mol. The number of nitrogens with two attached hydrogens (primary N) is 1. The number of benzene rings is 1. The molecule has 1 atom stereocenters. The van der Waals surface area contributed by atoms with Gasteiger partial charge in [0, 0.05) is 12.0 Å². The Morgan fingerprint density at radius 1 is 1.28 bits per heavy atom. The Kier molecular flexibility index (Phi) is 3.27. The van der Waals surface area contributed by atoms with E-state index in [4.69, 9.17) is 15.2 Å². The van der Waals surface area contributed by atoms with E-state index in [2.05, 4.69) is 12.1 Å². The highest BCUT2D eigenvalue weighted by Crippen LogP contribution is 2.29. The van der Waals surface area contributed by atoms with Crippen LogP contribution in [0.25, 0.3) is 0 Å². The molecule has 18 heavy (non-hydrogen) atoms. The van der Waals surface area contributed by atoms with Crippen LogP contribution in [-0.4, -0.2) is 24.9 Å². The summed E-state index contributed by atoms with van der Waals surface area (Å²) in [5.41, 5.74) is 7.47. The van der Waals surface area contributed by atoms with Crippen LogP contribution in [0, 0.1) is 0 Å². The normalized spacial score (nSPS) is 24.8. The summed E-state index contributed by atoms with van der Waals surface area (Å²) in [6, 6.07) is 8.21. The van der Waals surface area contributed by atoms with Crippen LogP contribution in [0.1, 0.15) is 31.2 Å². The van der Waals surface area contributed by atoms with Gasteiger partial charge in [-0.2, -0.15) is 0 Å². The highest BCUT2D eigenvalue weighted by atomic mass is 16.5. The fourth-order valence-corrected chi connectivity index (χ4v) is 2.96. The quantitative estimate of drug-likeness (QED) is 0.887. The van der Waals surface area contributed by atoms with Crippen molar-refractivity contribution in [2.45, 2.75) is 43.7 Å². The molecule has 0 radical (unpaired) electrons. The molecule has 0 spiro atoms. The summed E-state index contributed by atoms with van der Waals surface area (Å²) in [6.45, 7) is 1.32. The molecule has 1 aliphatic heterocycles. The van der Waals surface area contributed by atoms with E-state index in [0.717, 1.165) is 25.0 Å². The first kappa shape index (κ1) is 12.0. The Morgan fingerprint density at radius 2 is 2.06 bits per heavy atom. The second kappa shape index (κ2) is 4.90. The summed E-state index contributed by atoms with van der Waals surface area (Å²) < 4.78 is 11.6. The summed E-state index contributed by atoms with van der Waals surface area (Å²) in [6.07, 6.45) is 5.79. The van der Waals surface area contributed by atoms with Crippen molar-refractivity contribution in [3.05, 3.63) is 29.8 Å². The summed E-state index contributed by atoms with van der Waals surface area (Å²) in [5, 5.41) is 0. The van der Waals surface area contributed by atoms with Crippen LogP contribution in [0.4, 0.5) is 0 Å². The van der Waals surface area contributed by atoms with E-state index in [1.165, 1.54) is 18.4 Å². The molecule has 3 heteroatoms. The minimum absolute atomic E-state index is 0.0779. The molecule has 0 saturated heterocycles.